The first-order valence-electron chi connectivity index (χ1n) is 3.93. The summed E-state index contributed by atoms with van der Waals surface area (Å²) < 4.78 is 5.01. The van der Waals surface area contributed by atoms with Crippen molar-refractivity contribution < 1.29 is 9.53 Å². The number of nitrogens with zero attached hydrogens (tertiary/aromatic N) is 2. The molecular weight excluding hydrogens is 190 g/mol. The first-order valence-corrected chi connectivity index (χ1v) is 4.75. The second-order valence-electron chi connectivity index (χ2n) is 2.57. The number of rotatable bonds is 3. The van der Waals surface area contributed by atoms with Crippen LogP contribution < -0.4 is 5.73 Å². The lowest BCUT2D eigenvalue weighted by molar-refractivity contribution is 0.0333. The van der Waals surface area contributed by atoms with Crippen molar-refractivity contribution in [1.82, 2.24) is 10.2 Å². The second kappa shape index (κ2) is 4.18. The number of hydrogen-bond acceptors (Lipinski definition) is 6. The van der Waals surface area contributed by atoms with E-state index in [-0.39, 0.29) is 16.2 Å². The van der Waals surface area contributed by atoms with E-state index in [9.17, 15) is 4.79 Å². The highest BCUT2D eigenvalue weighted by Crippen LogP contribution is 2.13. The van der Waals surface area contributed by atoms with Gasteiger partial charge in [-0.15, -0.1) is 10.2 Å². The van der Waals surface area contributed by atoms with Crippen LogP contribution in [0, 0.1) is 0 Å². The topological polar surface area (TPSA) is 78.1 Å². The minimum Gasteiger partial charge on any atom is -0.457 e. The lowest BCUT2D eigenvalue weighted by Gasteiger charge is -2.07. The molecule has 13 heavy (non-hydrogen) atoms. The van der Waals surface area contributed by atoms with Crippen molar-refractivity contribution in [2.24, 2.45) is 0 Å². The molecule has 0 aromatic carbocycles. The Bertz CT molecular complexity index is 300. The summed E-state index contributed by atoms with van der Waals surface area (Å²) in [6, 6.07) is 0. The fraction of sp³-hybridized carbons (Fsp3) is 0.571. The Morgan fingerprint density at radius 3 is 2.85 bits per heavy atom. The highest BCUT2D eigenvalue weighted by Gasteiger charge is 2.15. The molecule has 1 atom stereocenters. The number of nitrogen functional groups attached to an aromatic ring is 1. The zero-order chi connectivity index (χ0) is 9.84. The Labute approximate surface area is 79.9 Å². The van der Waals surface area contributed by atoms with Gasteiger partial charge in [-0.1, -0.05) is 18.3 Å². The van der Waals surface area contributed by atoms with E-state index in [4.69, 9.17) is 10.5 Å². The normalized spacial score (nSPS) is 12.5. The number of carbonyl (C=O) groups is 1. The zero-order valence-electron chi connectivity index (χ0n) is 7.48. The van der Waals surface area contributed by atoms with Gasteiger partial charge in [0, 0.05) is 0 Å². The predicted octanol–water partition coefficient (Wildman–Crippen LogP) is 1.08. The van der Waals surface area contributed by atoms with Crippen molar-refractivity contribution in [3.63, 3.8) is 0 Å². The first-order chi connectivity index (χ1) is 6.13. The number of aromatic nitrogens is 2. The van der Waals surface area contributed by atoms with E-state index >= 15 is 0 Å². The van der Waals surface area contributed by atoms with Gasteiger partial charge in [-0.2, -0.15) is 0 Å². The number of esters is 1. The lowest BCUT2D eigenvalue weighted by Crippen LogP contribution is -2.13. The van der Waals surface area contributed by atoms with E-state index < -0.39 is 5.97 Å². The highest BCUT2D eigenvalue weighted by molar-refractivity contribution is 7.16. The van der Waals surface area contributed by atoms with E-state index in [0.29, 0.717) is 0 Å². The average molecular weight is 201 g/mol. The predicted molar refractivity (Wildman–Crippen MR) is 49.5 cm³/mol. The molecule has 0 spiro atoms. The number of nitrogens with two attached hydrogens (primary N) is 1. The smallest absolute Gasteiger partial charge is 0.369 e. The lowest BCUT2D eigenvalue weighted by atomic mass is 10.3. The molecule has 1 aromatic rings. The molecular formula is C7H11N3O2S. The molecule has 1 aromatic heterocycles. The fourth-order valence-corrected chi connectivity index (χ4v) is 1.13. The minimum absolute atomic E-state index is 0.0994. The van der Waals surface area contributed by atoms with Crippen LogP contribution in [0.1, 0.15) is 30.1 Å². The van der Waals surface area contributed by atoms with Crippen LogP contribution >= 0.6 is 11.3 Å². The highest BCUT2D eigenvalue weighted by atomic mass is 32.1. The Kier molecular flexibility index (Phi) is 3.18. The molecule has 0 aliphatic heterocycles. The van der Waals surface area contributed by atoms with Crippen LogP contribution in [0.4, 0.5) is 5.13 Å². The molecule has 1 unspecified atom stereocenters. The van der Waals surface area contributed by atoms with E-state index in [0.717, 1.165) is 17.8 Å². The quantitative estimate of drug-likeness (QED) is 0.740. The number of hydrogen-bond donors (Lipinski definition) is 1. The summed E-state index contributed by atoms with van der Waals surface area (Å²) in [7, 11) is 0. The molecule has 1 rings (SSSR count). The number of carbonyl (C=O) groups excluding carboxylic acids is 1. The van der Waals surface area contributed by atoms with Gasteiger partial charge < -0.3 is 10.5 Å². The van der Waals surface area contributed by atoms with E-state index in [1.54, 1.807) is 0 Å². The summed E-state index contributed by atoms with van der Waals surface area (Å²) in [5, 5.41) is 7.57. The van der Waals surface area contributed by atoms with Gasteiger partial charge >= 0.3 is 5.97 Å². The Morgan fingerprint density at radius 2 is 2.38 bits per heavy atom. The Balaban J connectivity index is 2.58. The van der Waals surface area contributed by atoms with Gasteiger partial charge in [-0.3, -0.25) is 0 Å². The molecule has 0 saturated carbocycles. The molecule has 72 valence electrons. The fourth-order valence-electron chi connectivity index (χ4n) is 0.634. The van der Waals surface area contributed by atoms with Crippen LogP contribution in [-0.4, -0.2) is 22.3 Å². The molecule has 6 heteroatoms. The van der Waals surface area contributed by atoms with Crippen LogP contribution in [0.2, 0.25) is 0 Å². The van der Waals surface area contributed by atoms with E-state index in [1.165, 1.54) is 0 Å². The van der Waals surface area contributed by atoms with Gasteiger partial charge in [-0.25, -0.2) is 4.79 Å². The van der Waals surface area contributed by atoms with E-state index in [1.807, 2.05) is 13.8 Å². The van der Waals surface area contributed by atoms with Crippen molar-refractivity contribution >= 4 is 22.4 Å². The van der Waals surface area contributed by atoms with E-state index in [2.05, 4.69) is 10.2 Å². The molecule has 2 N–H and O–H groups in total. The molecule has 5 nitrogen and oxygen atoms in total. The molecule has 0 aliphatic rings. The molecule has 0 radical (unpaired) electrons. The van der Waals surface area contributed by atoms with Crippen molar-refractivity contribution in [3.05, 3.63) is 5.01 Å². The Hall–Kier alpha value is -1.17. The summed E-state index contributed by atoms with van der Waals surface area (Å²) in [6.07, 6.45) is 0.678. The SMILES string of the molecule is CCC(C)OC(=O)c1nnc(N)s1. The van der Waals surface area contributed by atoms with Crippen molar-refractivity contribution in [3.8, 4) is 0 Å². The standard InChI is InChI=1S/C7H11N3O2S/c1-3-4(2)12-6(11)5-9-10-7(8)13-5/h4H,3H2,1-2H3,(H2,8,10). The second-order valence-corrected chi connectivity index (χ2v) is 3.58. The Morgan fingerprint density at radius 1 is 1.69 bits per heavy atom. The maximum atomic E-state index is 11.3. The van der Waals surface area contributed by atoms with Gasteiger partial charge in [0.1, 0.15) is 0 Å². The van der Waals surface area contributed by atoms with Crippen LogP contribution in [0.25, 0.3) is 0 Å². The van der Waals surface area contributed by atoms with Crippen LogP contribution in [0.5, 0.6) is 0 Å². The van der Waals surface area contributed by atoms with Gasteiger partial charge in [0.05, 0.1) is 6.10 Å². The summed E-state index contributed by atoms with van der Waals surface area (Å²) in [4.78, 5) is 11.3. The van der Waals surface area contributed by atoms with Gasteiger partial charge in [0.25, 0.3) is 0 Å². The van der Waals surface area contributed by atoms with Gasteiger partial charge in [-0.05, 0) is 13.3 Å². The molecule has 0 amide bonds. The third-order valence-electron chi connectivity index (χ3n) is 1.50. The summed E-state index contributed by atoms with van der Waals surface area (Å²) >= 11 is 1.03. The third-order valence-corrected chi connectivity index (χ3v) is 2.23. The average Bonchev–Trinajstić information content (AvgIpc) is 2.51. The number of ether oxygens (including phenoxy) is 1. The molecule has 0 aliphatic carbocycles. The van der Waals surface area contributed by atoms with Crippen LogP contribution in [-0.2, 0) is 4.74 Å². The molecule has 0 fully saturated rings. The van der Waals surface area contributed by atoms with Crippen molar-refractivity contribution in [1.29, 1.82) is 0 Å². The van der Waals surface area contributed by atoms with Crippen LogP contribution in [0.3, 0.4) is 0 Å². The minimum atomic E-state index is -0.455. The van der Waals surface area contributed by atoms with Gasteiger partial charge in [0.15, 0.2) is 0 Å². The third kappa shape index (κ3) is 2.66. The molecule has 0 saturated heterocycles. The maximum absolute atomic E-state index is 11.3. The summed E-state index contributed by atoms with van der Waals surface area (Å²) in [6.45, 7) is 3.76. The molecule has 1 heterocycles. The first kappa shape index (κ1) is 9.91. The van der Waals surface area contributed by atoms with Crippen molar-refractivity contribution in [2.45, 2.75) is 26.4 Å². The maximum Gasteiger partial charge on any atom is 0.369 e. The zero-order valence-corrected chi connectivity index (χ0v) is 8.30. The number of anilines is 1. The summed E-state index contributed by atoms with van der Waals surface area (Å²) in [5.74, 6) is -0.455. The monoisotopic (exact) mass is 201 g/mol. The van der Waals surface area contributed by atoms with Crippen molar-refractivity contribution in [2.75, 3.05) is 5.73 Å². The van der Waals surface area contributed by atoms with Crippen LogP contribution in [0.15, 0.2) is 0 Å². The summed E-state index contributed by atoms with van der Waals surface area (Å²) in [5.41, 5.74) is 5.32. The largest absolute Gasteiger partial charge is 0.457 e. The van der Waals surface area contributed by atoms with Gasteiger partial charge in [0.2, 0.25) is 10.1 Å². The molecule has 0 bridgehead atoms.